The molecule has 7 heteroatoms. The first-order valence-corrected chi connectivity index (χ1v) is 7.80. The molecule has 112 valence electrons. The van der Waals surface area contributed by atoms with E-state index in [0.29, 0.717) is 13.0 Å². The Balaban J connectivity index is 2.11. The van der Waals surface area contributed by atoms with Gasteiger partial charge in [0.1, 0.15) is 0 Å². The summed E-state index contributed by atoms with van der Waals surface area (Å²) in [6, 6.07) is 9.34. The maximum absolute atomic E-state index is 12.6. The molecule has 2 rings (SSSR count). The Morgan fingerprint density at radius 1 is 1.10 bits per heavy atom. The number of pyridine rings is 1. The summed E-state index contributed by atoms with van der Waals surface area (Å²) in [5, 5.41) is 2.89. The highest BCUT2D eigenvalue weighted by Crippen LogP contribution is 2.25. The topological polar surface area (TPSA) is 59.1 Å². The molecule has 0 aliphatic heterocycles. The van der Waals surface area contributed by atoms with E-state index < -0.39 is 15.6 Å². The van der Waals surface area contributed by atoms with Gasteiger partial charge in [-0.25, -0.2) is 8.42 Å². The van der Waals surface area contributed by atoms with Crippen molar-refractivity contribution in [3.63, 3.8) is 0 Å². The predicted octanol–water partition coefficient (Wildman–Crippen LogP) is 2.73. The molecule has 0 bridgehead atoms. The summed E-state index contributed by atoms with van der Waals surface area (Å²) in [7, 11) is -4.61. The lowest BCUT2D eigenvalue weighted by Gasteiger charge is -2.12. The Morgan fingerprint density at radius 2 is 1.76 bits per heavy atom. The largest absolute Gasteiger partial charge is 0.384 e. The van der Waals surface area contributed by atoms with Crippen LogP contribution in [0.15, 0.2) is 53.7 Å². The normalized spacial score (nSPS) is 11.6. The molecule has 0 unspecified atom stereocenters. The van der Waals surface area contributed by atoms with Crippen molar-refractivity contribution in [3.05, 3.63) is 54.4 Å². The van der Waals surface area contributed by atoms with Crippen LogP contribution in [0.4, 0.5) is 14.5 Å². The number of sulfone groups is 1. The van der Waals surface area contributed by atoms with Crippen LogP contribution >= 0.6 is 0 Å². The van der Waals surface area contributed by atoms with Gasteiger partial charge in [0.2, 0.25) is 9.84 Å². The van der Waals surface area contributed by atoms with E-state index in [1.165, 1.54) is 18.2 Å². The first-order chi connectivity index (χ1) is 10.0. The second-order valence-electron chi connectivity index (χ2n) is 4.33. The van der Waals surface area contributed by atoms with Crippen LogP contribution in [0.2, 0.25) is 0 Å². The molecule has 0 aliphatic carbocycles. The molecule has 1 N–H and O–H groups in total. The zero-order valence-corrected chi connectivity index (χ0v) is 11.9. The number of rotatable bonds is 6. The van der Waals surface area contributed by atoms with E-state index >= 15 is 0 Å². The third-order valence-corrected chi connectivity index (χ3v) is 4.34. The summed E-state index contributed by atoms with van der Waals surface area (Å²) in [5.74, 6) is -3.43. The van der Waals surface area contributed by atoms with Crippen LogP contribution in [0.5, 0.6) is 0 Å². The van der Waals surface area contributed by atoms with Crippen molar-refractivity contribution < 1.29 is 17.2 Å². The van der Waals surface area contributed by atoms with Crippen LogP contribution in [0.1, 0.15) is 5.56 Å². The van der Waals surface area contributed by atoms with E-state index in [2.05, 4.69) is 10.3 Å². The van der Waals surface area contributed by atoms with Crippen LogP contribution in [0.25, 0.3) is 0 Å². The Labute approximate surface area is 121 Å². The molecule has 0 amide bonds. The Bertz CT molecular complexity index is 691. The smallest absolute Gasteiger partial charge is 0.341 e. The summed E-state index contributed by atoms with van der Waals surface area (Å²) in [6.45, 7) is 0.430. The quantitative estimate of drug-likeness (QED) is 0.891. The molecule has 4 nitrogen and oxygen atoms in total. The third-order valence-electron chi connectivity index (χ3n) is 2.91. The number of aromatic nitrogens is 1. The lowest BCUT2D eigenvalue weighted by atomic mass is 10.2. The molecule has 0 aliphatic rings. The number of anilines is 1. The monoisotopic (exact) mass is 312 g/mol. The highest BCUT2D eigenvalue weighted by Gasteiger charge is 2.28. The summed E-state index contributed by atoms with van der Waals surface area (Å²) in [5.41, 5.74) is 1.21. The van der Waals surface area contributed by atoms with Crippen molar-refractivity contribution in [2.45, 2.75) is 17.1 Å². The van der Waals surface area contributed by atoms with E-state index in [4.69, 9.17) is 0 Å². The van der Waals surface area contributed by atoms with Gasteiger partial charge in [0.25, 0.3) is 0 Å². The highest BCUT2D eigenvalue weighted by atomic mass is 32.2. The second-order valence-corrected chi connectivity index (χ2v) is 6.22. The molecule has 21 heavy (non-hydrogen) atoms. The van der Waals surface area contributed by atoms with Crippen LogP contribution in [-0.4, -0.2) is 25.7 Å². The first-order valence-electron chi connectivity index (χ1n) is 6.25. The summed E-state index contributed by atoms with van der Waals surface area (Å²) >= 11 is 0. The number of alkyl halides is 2. The fourth-order valence-corrected chi connectivity index (χ4v) is 2.75. The molecule has 0 saturated carbocycles. The molecule has 0 saturated heterocycles. The van der Waals surface area contributed by atoms with Gasteiger partial charge in [-0.2, -0.15) is 8.78 Å². The van der Waals surface area contributed by atoms with Crippen molar-refractivity contribution in [2.24, 2.45) is 0 Å². The molecule has 0 atom stereocenters. The summed E-state index contributed by atoms with van der Waals surface area (Å²) in [6.07, 6.45) is 3.95. The summed E-state index contributed by atoms with van der Waals surface area (Å²) < 4.78 is 48.5. The summed E-state index contributed by atoms with van der Waals surface area (Å²) in [4.78, 5) is 3.51. The molecule has 2 aromatic rings. The molecule has 0 fully saturated rings. The van der Waals surface area contributed by atoms with Crippen molar-refractivity contribution in [3.8, 4) is 0 Å². The number of hydrogen-bond donors (Lipinski definition) is 1. The minimum atomic E-state index is -4.61. The number of para-hydroxylation sites is 1. The lowest BCUT2D eigenvalue weighted by molar-refractivity contribution is 0.235. The average Bonchev–Trinajstić information content (AvgIpc) is 2.48. The van der Waals surface area contributed by atoms with E-state index in [0.717, 1.165) is 5.56 Å². The fourth-order valence-electron chi connectivity index (χ4n) is 1.85. The molecule has 0 radical (unpaired) electrons. The Morgan fingerprint density at radius 3 is 2.43 bits per heavy atom. The predicted molar refractivity (Wildman–Crippen MR) is 76.1 cm³/mol. The van der Waals surface area contributed by atoms with Crippen LogP contribution in [0, 0.1) is 0 Å². The van der Waals surface area contributed by atoms with E-state index in [1.54, 1.807) is 18.5 Å². The standard InChI is InChI=1S/C14H14F2N2O2S/c15-14(16)21(19,20)13-4-2-1-3-12(13)18-10-7-11-5-8-17-9-6-11/h1-6,8-9,14,18H,7,10H2. The van der Waals surface area contributed by atoms with Crippen molar-refractivity contribution in [1.82, 2.24) is 4.98 Å². The zero-order valence-electron chi connectivity index (χ0n) is 11.0. The van der Waals surface area contributed by atoms with Gasteiger partial charge in [-0.15, -0.1) is 0 Å². The number of hydrogen-bond acceptors (Lipinski definition) is 4. The minimum absolute atomic E-state index is 0.187. The van der Waals surface area contributed by atoms with Gasteiger partial charge in [0.15, 0.2) is 0 Å². The van der Waals surface area contributed by atoms with Gasteiger partial charge in [-0.3, -0.25) is 4.98 Å². The van der Waals surface area contributed by atoms with Crippen molar-refractivity contribution >= 4 is 15.5 Å². The number of benzene rings is 1. The zero-order chi connectivity index (χ0) is 15.3. The first kappa shape index (κ1) is 15.4. The van der Waals surface area contributed by atoms with E-state index in [1.807, 2.05) is 12.1 Å². The lowest BCUT2D eigenvalue weighted by Crippen LogP contribution is -2.15. The number of nitrogens with one attached hydrogen (secondary N) is 1. The molecule has 1 heterocycles. The maximum atomic E-state index is 12.6. The van der Waals surface area contributed by atoms with Gasteiger partial charge < -0.3 is 5.32 Å². The van der Waals surface area contributed by atoms with Crippen molar-refractivity contribution in [2.75, 3.05) is 11.9 Å². The van der Waals surface area contributed by atoms with Crippen molar-refractivity contribution in [1.29, 1.82) is 0 Å². The van der Waals surface area contributed by atoms with Gasteiger partial charge in [-0.1, -0.05) is 12.1 Å². The number of nitrogens with zero attached hydrogens (tertiary/aromatic N) is 1. The Hall–Kier alpha value is -2.02. The molecule has 0 spiro atoms. The molecule has 1 aromatic carbocycles. The van der Waals surface area contributed by atoms with Gasteiger partial charge in [0, 0.05) is 18.9 Å². The minimum Gasteiger partial charge on any atom is -0.384 e. The third kappa shape index (κ3) is 3.75. The van der Waals surface area contributed by atoms with Gasteiger partial charge in [0.05, 0.1) is 10.6 Å². The number of halogens is 2. The van der Waals surface area contributed by atoms with Crippen LogP contribution < -0.4 is 5.32 Å². The molecule has 1 aromatic heterocycles. The Kier molecular flexibility index (Phi) is 4.85. The second kappa shape index (κ2) is 6.62. The SMILES string of the molecule is O=S(=O)(c1ccccc1NCCc1ccncc1)C(F)F. The van der Waals surface area contributed by atoms with Gasteiger partial charge >= 0.3 is 5.76 Å². The molecular weight excluding hydrogens is 298 g/mol. The van der Waals surface area contributed by atoms with Crippen LogP contribution in [0.3, 0.4) is 0 Å². The van der Waals surface area contributed by atoms with E-state index in [-0.39, 0.29) is 10.6 Å². The fraction of sp³-hybridized carbons (Fsp3) is 0.214. The van der Waals surface area contributed by atoms with Gasteiger partial charge in [-0.05, 0) is 36.2 Å². The maximum Gasteiger partial charge on any atom is 0.341 e. The van der Waals surface area contributed by atoms with Crippen LogP contribution in [-0.2, 0) is 16.3 Å². The highest BCUT2D eigenvalue weighted by molar-refractivity contribution is 7.91. The van der Waals surface area contributed by atoms with E-state index in [9.17, 15) is 17.2 Å². The average molecular weight is 312 g/mol. The molecular formula is C14H14F2N2O2S.